The highest BCUT2D eigenvalue weighted by atomic mass is 127. The van der Waals surface area contributed by atoms with Gasteiger partial charge in [0.05, 0.1) is 20.1 Å². The summed E-state index contributed by atoms with van der Waals surface area (Å²) in [5, 5.41) is 9.64. The van der Waals surface area contributed by atoms with Crippen molar-refractivity contribution in [2.24, 2.45) is 0 Å². The molecule has 0 aliphatic carbocycles. The first-order chi connectivity index (χ1) is 9.68. The smallest absolute Gasteiger partial charge is 0.180 e. The fraction of sp³-hybridized carbons (Fsp3) is 1.00. The van der Waals surface area contributed by atoms with E-state index in [-0.39, 0.29) is 24.0 Å². The van der Waals surface area contributed by atoms with Crippen LogP contribution in [0, 0.1) is 0 Å². The fourth-order valence-electron chi connectivity index (χ4n) is 2.80. The van der Waals surface area contributed by atoms with Crippen molar-refractivity contribution in [2.75, 3.05) is 26.9 Å². The molecule has 21 heavy (non-hydrogen) atoms. The molecule has 130 valence electrons. The second kappa shape index (κ2) is 17.0. The van der Waals surface area contributed by atoms with E-state index >= 15 is 0 Å². The maximum atomic E-state index is 9.64. The monoisotopic (exact) mass is 413 g/mol. The third kappa shape index (κ3) is 15.3. The molecule has 0 aliphatic rings. The number of aliphatic hydroxyl groups is 1. The number of hydrogen-bond acceptors (Lipinski definition) is 1. The molecule has 0 atom stereocenters. The van der Waals surface area contributed by atoms with E-state index in [1.165, 1.54) is 77.0 Å². The van der Waals surface area contributed by atoms with Crippen LogP contribution in [0.2, 0.25) is 0 Å². The fourth-order valence-corrected chi connectivity index (χ4v) is 2.80. The molecule has 0 aliphatic heterocycles. The highest BCUT2D eigenvalue weighted by Crippen LogP contribution is 2.12. The maximum Gasteiger partial charge on any atom is 0.180 e. The first-order valence-corrected chi connectivity index (χ1v) is 9.13. The summed E-state index contributed by atoms with van der Waals surface area (Å²) in [6, 6.07) is 0. The Labute approximate surface area is 151 Å². The predicted octanol–water partition coefficient (Wildman–Crippen LogP) is 2.11. The molecule has 0 aromatic rings. The van der Waals surface area contributed by atoms with Crippen molar-refractivity contribution in [3.8, 4) is 0 Å². The summed E-state index contributed by atoms with van der Waals surface area (Å²) in [6.45, 7) is 7.14. The van der Waals surface area contributed by atoms with E-state index in [0.29, 0.717) is 6.73 Å². The lowest BCUT2D eigenvalue weighted by atomic mass is 10.1. The largest absolute Gasteiger partial charge is 1.00 e. The summed E-state index contributed by atoms with van der Waals surface area (Å²) >= 11 is 0. The van der Waals surface area contributed by atoms with Crippen LogP contribution < -0.4 is 24.0 Å². The number of nitrogens with zero attached hydrogens (tertiary/aromatic N) is 1. The minimum absolute atomic E-state index is 0. The molecule has 0 saturated carbocycles. The quantitative estimate of drug-likeness (QED) is 0.189. The molecular formula is C18H40INO. The van der Waals surface area contributed by atoms with E-state index in [4.69, 9.17) is 0 Å². The van der Waals surface area contributed by atoms with E-state index in [1.807, 2.05) is 0 Å². The van der Waals surface area contributed by atoms with Gasteiger partial charge in [0.1, 0.15) is 0 Å². The molecule has 0 aromatic heterocycles. The van der Waals surface area contributed by atoms with Gasteiger partial charge in [-0.25, -0.2) is 0 Å². The Morgan fingerprint density at radius 1 is 0.619 bits per heavy atom. The molecule has 0 bridgehead atoms. The number of halogens is 1. The van der Waals surface area contributed by atoms with Crippen molar-refractivity contribution in [2.45, 2.75) is 90.9 Å². The van der Waals surface area contributed by atoms with E-state index in [1.54, 1.807) is 0 Å². The standard InChI is InChI=1S/C18H40NO.HI/c1-4-6-8-10-12-14-16-19(3,18-20)17-15-13-11-9-7-5-2;/h20H,4-18H2,1-3H3;1H/q+1;/p-1. The molecule has 1 N–H and O–H groups in total. The van der Waals surface area contributed by atoms with Crippen LogP contribution in [-0.4, -0.2) is 36.5 Å². The number of aliphatic hydroxyl groups excluding tert-OH is 1. The molecule has 0 radical (unpaired) electrons. The maximum absolute atomic E-state index is 9.64. The zero-order valence-electron chi connectivity index (χ0n) is 14.9. The Morgan fingerprint density at radius 3 is 1.29 bits per heavy atom. The van der Waals surface area contributed by atoms with Gasteiger partial charge in [0.25, 0.3) is 0 Å². The Morgan fingerprint density at radius 2 is 0.952 bits per heavy atom. The second-order valence-electron chi connectivity index (χ2n) is 6.74. The molecule has 2 nitrogen and oxygen atoms in total. The minimum atomic E-state index is 0. The molecule has 0 heterocycles. The number of quaternary nitrogens is 1. The van der Waals surface area contributed by atoms with Crippen LogP contribution in [0.5, 0.6) is 0 Å². The van der Waals surface area contributed by atoms with Crippen LogP contribution >= 0.6 is 0 Å². The minimum Gasteiger partial charge on any atom is -1.00 e. The van der Waals surface area contributed by atoms with Crippen LogP contribution in [0.1, 0.15) is 90.9 Å². The lowest BCUT2D eigenvalue weighted by molar-refractivity contribution is -0.927. The average Bonchev–Trinajstić information content (AvgIpc) is 2.46. The third-order valence-corrected chi connectivity index (χ3v) is 4.44. The zero-order valence-corrected chi connectivity index (χ0v) is 17.0. The van der Waals surface area contributed by atoms with Gasteiger partial charge >= 0.3 is 0 Å². The van der Waals surface area contributed by atoms with Gasteiger partial charge in [-0.2, -0.15) is 0 Å². The molecule has 0 fully saturated rings. The molecule has 0 aromatic carbocycles. The summed E-state index contributed by atoms with van der Waals surface area (Å²) in [4.78, 5) is 0. The zero-order chi connectivity index (χ0) is 15.1. The second-order valence-corrected chi connectivity index (χ2v) is 6.74. The van der Waals surface area contributed by atoms with Gasteiger partial charge in [-0.3, -0.25) is 0 Å². The molecule has 0 spiro atoms. The molecular weight excluding hydrogens is 373 g/mol. The number of unbranched alkanes of at least 4 members (excludes halogenated alkanes) is 10. The molecule has 0 unspecified atom stereocenters. The topological polar surface area (TPSA) is 20.2 Å². The molecule has 0 rings (SSSR count). The normalized spacial score (nSPS) is 11.4. The molecule has 3 heteroatoms. The highest BCUT2D eigenvalue weighted by molar-refractivity contribution is 4.47. The van der Waals surface area contributed by atoms with Crippen LogP contribution in [0.15, 0.2) is 0 Å². The molecule has 0 saturated heterocycles. The summed E-state index contributed by atoms with van der Waals surface area (Å²) in [5.74, 6) is 0. The van der Waals surface area contributed by atoms with Crippen molar-refractivity contribution in [1.29, 1.82) is 0 Å². The van der Waals surface area contributed by atoms with E-state index in [0.717, 1.165) is 17.6 Å². The van der Waals surface area contributed by atoms with Crippen LogP contribution in [0.25, 0.3) is 0 Å². The van der Waals surface area contributed by atoms with E-state index in [9.17, 15) is 5.11 Å². The average molecular weight is 413 g/mol. The van der Waals surface area contributed by atoms with Gasteiger partial charge in [0.15, 0.2) is 6.73 Å². The highest BCUT2D eigenvalue weighted by Gasteiger charge is 2.18. The first kappa shape index (κ1) is 23.9. The van der Waals surface area contributed by atoms with Crippen molar-refractivity contribution in [3.05, 3.63) is 0 Å². The SMILES string of the molecule is CCCCCCCC[N+](C)(CO)CCCCCCCC.[I-]. The van der Waals surface area contributed by atoms with Crippen LogP contribution in [-0.2, 0) is 0 Å². The number of hydrogen-bond donors (Lipinski definition) is 1. The first-order valence-electron chi connectivity index (χ1n) is 9.13. The summed E-state index contributed by atoms with van der Waals surface area (Å²) in [5.41, 5.74) is 0. The Kier molecular flexibility index (Phi) is 19.4. The van der Waals surface area contributed by atoms with Crippen molar-refractivity contribution < 1.29 is 33.6 Å². The lowest BCUT2D eigenvalue weighted by Gasteiger charge is -2.32. The summed E-state index contributed by atoms with van der Waals surface area (Å²) in [7, 11) is 2.22. The van der Waals surface area contributed by atoms with Gasteiger partial charge in [-0.05, 0) is 25.7 Å². The predicted molar refractivity (Wildman–Crippen MR) is 89.8 cm³/mol. The van der Waals surface area contributed by atoms with Crippen LogP contribution in [0.4, 0.5) is 0 Å². The molecule has 0 amide bonds. The van der Waals surface area contributed by atoms with Crippen molar-refractivity contribution in [3.63, 3.8) is 0 Å². The Bertz CT molecular complexity index is 184. The third-order valence-electron chi connectivity index (χ3n) is 4.44. The Balaban J connectivity index is 0. The van der Waals surface area contributed by atoms with Gasteiger partial charge in [0, 0.05) is 0 Å². The van der Waals surface area contributed by atoms with Gasteiger partial charge < -0.3 is 33.6 Å². The lowest BCUT2D eigenvalue weighted by Crippen LogP contribution is -3.00. The van der Waals surface area contributed by atoms with Crippen molar-refractivity contribution in [1.82, 2.24) is 0 Å². The van der Waals surface area contributed by atoms with Crippen molar-refractivity contribution >= 4 is 0 Å². The van der Waals surface area contributed by atoms with E-state index < -0.39 is 0 Å². The number of rotatable bonds is 15. The van der Waals surface area contributed by atoms with Gasteiger partial charge in [-0.1, -0.05) is 65.2 Å². The summed E-state index contributed by atoms with van der Waals surface area (Å²) in [6.07, 6.45) is 16.1. The van der Waals surface area contributed by atoms with Crippen LogP contribution in [0.3, 0.4) is 0 Å². The van der Waals surface area contributed by atoms with Gasteiger partial charge in [0.2, 0.25) is 0 Å². The summed E-state index contributed by atoms with van der Waals surface area (Å²) < 4.78 is 0.863. The Hall–Kier alpha value is 0.650. The van der Waals surface area contributed by atoms with E-state index in [2.05, 4.69) is 20.9 Å². The van der Waals surface area contributed by atoms with Gasteiger partial charge in [-0.15, -0.1) is 0 Å².